The number of likely N-dealkylation sites (tertiary alicyclic amines) is 1. The Morgan fingerprint density at radius 1 is 1.13 bits per heavy atom. The maximum atomic E-state index is 5.51. The van der Waals surface area contributed by atoms with Crippen molar-refractivity contribution in [2.24, 2.45) is 0 Å². The lowest BCUT2D eigenvalue weighted by Crippen LogP contribution is -2.27. The topological polar surface area (TPSA) is 30.9 Å². The molecule has 2 unspecified atom stereocenters. The number of hydrogen-bond acceptors (Lipinski definition) is 4. The molecule has 0 amide bonds. The van der Waals surface area contributed by atoms with Crippen molar-refractivity contribution in [2.45, 2.75) is 12.2 Å². The van der Waals surface area contributed by atoms with Crippen molar-refractivity contribution >= 4 is 11.6 Å². The summed E-state index contributed by atoms with van der Waals surface area (Å²) in [6.07, 6.45) is 0.367. The average Bonchev–Trinajstić information content (AvgIpc) is 2.67. The highest BCUT2D eigenvalue weighted by Crippen LogP contribution is 2.14. The highest BCUT2D eigenvalue weighted by atomic mass is 35.5. The summed E-state index contributed by atoms with van der Waals surface area (Å²) in [5.41, 5.74) is 0. The minimum atomic E-state index is 0.183. The van der Waals surface area contributed by atoms with Gasteiger partial charge in [0, 0.05) is 39.7 Å². The Morgan fingerprint density at radius 2 is 1.73 bits per heavy atom. The molecule has 0 aromatic rings. The van der Waals surface area contributed by atoms with Crippen molar-refractivity contribution in [3.63, 3.8) is 0 Å². The number of methoxy groups -OCH3 is 2. The number of halogens is 1. The minimum Gasteiger partial charge on any atom is -0.379 e. The summed E-state index contributed by atoms with van der Waals surface area (Å²) in [4.78, 5) is 2.29. The fourth-order valence-corrected chi connectivity index (χ4v) is 1.91. The number of rotatable bonds is 7. The molecule has 0 N–H and O–H groups in total. The van der Waals surface area contributed by atoms with Crippen LogP contribution in [0.25, 0.3) is 0 Å². The lowest BCUT2D eigenvalue weighted by atomic mass is 10.3. The quantitative estimate of drug-likeness (QED) is 0.479. The van der Waals surface area contributed by atoms with Crippen molar-refractivity contribution in [3.05, 3.63) is 0 Å². The Bertz CT molecular complexity index is 159. The molecule has 0 spiro atoms. The first kappa shape index (κ1) is 13.2. The van der Waals surface area contributed by atoms with Crippen LogP contribution in [0, 0.1) is 0 Å². The molecule has 4 nitrogen and oxygen atoms in total. The van der Waals surface area contributed by atoms with Gasteiger partial charge in [-0.2, -0.15) is 0 Å². The van der Waals surface area contributed by atoms with E-state index < -0.39 is 0 Å². The fourth-order valence-electron chi connectivity index (χ4n) is 1.80. The molecule has 0 radical (unpaired) electrons. The number of nitrogens with zero attached hydrogens (tertiary/aromatic N) is 1. The third kappa shape index (κ3) is 4.25. The molecule has 15 heavy (non-hydrogen) atoms. The Labute approximate surface area is 96.4 Å². The van der Waals surface area contributed by atoms with Gasteiger partial charge in [0.2, 0.25) is 0 Å². The van der Waals surface area contributed by atoms with Gasteiger partial charge in [0.05, 0.1) is 25.4 Å². The standard InChI is InChI=1S/C10H20ClNO3/c1-13-9-7-12(8-10(9)14-2)4-6-15-5-3-11/h9-10H,3-8H2,1-2H3. The summed E-state index contributed by atoms with van der Waals surface area (Å²) >= 11 is 5.51. The fraction of sp³-hybridized carbons (Fsp3) is 1.00. The normalized spacial score (nSPS) is 27.4. The molecule has 1 rings (SSSR count). The molecule has 0 aromatic heterocycles. The smallest absolute Gasteiger partial charge is 0.0971 e. The predicted octanol–water partition coefficient (Wildman–Crippen LogP) is 0.587. The van der Waals surface area contributed by atoms with Gasteiger partial charge >= 0.3 is 0 Å². The van der Waals surface area contributed by atoms with Crippen molar-refractivity contribution in [3.8, 4) is 0 Å². The zero-order valence-electron chi connectivity index (χ0n) is 9.45. The Hall–Kier alpha value is 0.130. The van der Waals surface area contributed by atoms with Gasteiger partial charge in [-0.05, 0) is 0 Å². The molecule has 5 heteroatoms. The average molecular weight is 238 g/mol. The van der Waals surface area contributed by atoms with Crippen LogP contribution in [0.5, 0.6) is 0 Å². The second-order valence-electron chi connectivity index (χ2n) is 3.61. The Balaban J connectivity index is 2.16. The molecule has 1 aliphatic heterocycles. The molecule has 1 heterocycles. The molecule has 0 bridgehead atoms. The van der Waals surface area contributed by atoms with E-state index in [1.165, 1.54) is 0 Å². The maximum absolute atomic E-state index is 5.51. The Morgan fingerprint density at radius 3 is 2.20 bits per heavy atom. The van der Waals surface area contributed by atoms with Crippen molar-refractivity contribution in [1.29, 1.82) is 0 Å². The van der Waals surface area contributed by atoms with E-state index in [0.717, 1.165) is 26.2 Å². The number of alkyl halides is 1. The molecular weight excluding hydrogens is 218 g/mol. The van der Waals surface area contributed by atoms with Crippen LogP contribution in [0.15, 0.2) is 0 Å². The van der Waals surface area contributed by atoms with Crippen molar-refractivity contribution in [2.75, 3.05) is 52.9 Å². The zero-order chi connectivity index (χ0) is 11.1. The third-order valence-corrected chi connectivity index (χ3v) is 2.82. The maximum Gasteiger partial charge on any atom is 0.0971 e. The van der Waals surface area contributed by atoms with Gasteiger partial charge in [-0.25, -0.2) is 0 Å². The van der Waals surface area contributed by atoms with Gasteiger partial charge in [-0.15, -0.1) is 11.6 Å². The van der Waals surface area contributed by atoms with Crippen LogP contribution in [-0.4, -0.2) is 70.1 Å². The van der Waals surface area contributed by atoms with E-state index in [2.05, 4.69) is 4.90 Å². The second-order valence-corrected chi connectivity index (χ2v) is 3.99. The first-order valence-electron chi connectivity index (χ1n) is 5.23. The van der Waals surface area contributed by atoms with E-state index in [0.29, 0.717) is 12.5 Å². The predicted molar refractivity (Wildman–Crippen MR) is 59.6 cm³/mol. The van der Waals surface area contributed by atoms with Gasteiger partial charge in [-0.1, -0.05) is 0 Å². The van der Waals surface area contributed by atoms with E-state index >= 15 is 0 Å². The van der Waals surface area contributed by atoms with E-state index in [1.807, 2.05) is 0 Å². The molecule has 1 saturated heterocycles. The van der Waals surface area contributed by atoms with E-state index in [4.69, 9.17) is 25.8 Å². The lowest BCUT2D eigenvalue weighted by Gasteiger charge is -2.14. The summed E-state index contributed by atoms with van der Waals surface area (Å²) < 4.78 is 16.0. The van der Waals surface area contributed by atoms with Gasteiger partial charge < -0.3 is 14.2 Å². The van der Waals surface area contributed by atoms with E-state index in [9.17, 15) is 0 Å². The van der Waals surface area contributed by atoms with Gasteiger partial charge in [0.1, 0.15) is 0 Å². The minimum absolute atomic E-state index is 0.183. The summed E-state index contributed by atoms with van der Waals surface area (Å²) in [5, 5.41) is 0. The monoisotopic (exact) mass is 237 g/mol. The third-order valence-electron chi connectivity index (χ3n) is 2.67. The molecule has 2 atom stereocenters. The first-order chi connectivity index (χ1) is 7.31. The second kappa shape index (κ2) is 7.41. The summed E-state index contributed by atoms with van der Waals surface area (Å²) in [5.74, 6) is 0.557. The van der Waals surface area contributed by atoms with Crippen LogP contribution >= 0.6 is 11.6 Å². The van der Waals surface area contributed by atoms with Crippen LogP contribution in [0.2, 0.25) is 0 Å². The first-order valence-corrected chi connectivity index (χ1v) is 5.77. The summed E-state index contributed by atoms with van der Waals surface area (Å²) in [6, 6.07) is 0. The number of hydrogen-bond donors (Lipinski definition) is 0. The van der Waals surface area contributed by atoms with Crippen molar-refractivity contribution in [1.82, 2.24) is 4.90 Å². The molecule has 0 aliphatic carbocycles. The van der Waals surface area contributed by atoms with Crippen LogP contribution in [-0.2, 0) is 14.2 Å². The van der Waals surface area contributed by atoms with Crippen LogP contribution < -0.4 is 0 Å². The Kier molecular flexibility index (Phi) is 6.52. The molecule has 1 fully saturated rings. The van der Waals surface area contributed by atoms with Gasteiger partial charge in [-0.3, -0.25) is 4.90 Å². The van der Waals surface area contributed by atoms with Gasteiger partial charge in [0.15, 0.2) is 0 Å². The summed E-state index contributed by atoms with van der Waals surface area (Å²) in [6.45, 7) is 4.09. The lowest BCUT2D eigenvalue weighted by molar-refractivity contribution is -0.00461. The van der Waals surface area contributed by atoms with Crippen molar-refractivity contribution < 1.29 is 14.2 Å². The van der Waals surface area contributed by atoms with Crippen LogP contribution in [0.1, 0.15) is 0 Å². The van der Waals surface area contributed by atoms with Crippen LogP contribution in [0.4, 0.5) is 0 Å². The molecule has 0 saturated carbocycles. The van der Waals surface area contributed by atoms with Gasteiger partial charge in [0.25, 0.3) is 0 Å². The largest absolute Gasteiger partial charge is 0.379 e. The molecule has 0 aromatic carbocycles. The van der Waals surface area contributed by atoms with E-state index in [-0.39, 0.29) is 12.2 Å². The van der Waals surface area contributed by atoms with Crippen LogP contribution in [0.3, 0.4) is 0 Å². The SMILES string of the molecule is COC1CN(CCOCCCl)CC1OC. The summed E-state index contributed by atoms with van der Waals surface area (Å²) in [7, 11) is 3.45. The highest BCUT2D eigenvalue weighted by molar-refractivity contribution is 6.17. The highest BCUT2D eigenvalue weighted by Gasteiger charge is 2.32. The molecule has 1 aliphatic rings. The van der Waals surface area contributed by atoms with E-state index in [1.54, 1.807) is 14.2 Å². The molecular formula is C10H20ClNO3. The molecule has 90 valence electrons. The zero-order valence-corrected chi connectivity index (χ0v) is 10.2. The number of ether oxygens (including phenoxy) is 3.